The highest BCUT2D eigenvalue weighted by Crippen LogP contribution is 2.52. The van der Waals surface area contributed by atoms with Crippen LogP contribution in [0.1, 0.15) is 31.1 Å². The fourth-order valence-corrected chi connectivity index (χ4v) is 3.92. The topological polar surface area (TPSA) is 52.0 Å². The Hall–Kier alpha value is -1.06. The molecule has 0 amide bonds. The summed E-state index contributed by atoms with van der Waals surface area (Å²) in [6.45, 7) is 0. The monoisotopic (exact) mass is 262 g/mol. The van der Waals surface area contributed by atoms with Gasteiger partial charge in [0.1, 0.15) is 5.52 Å². The van der Waals surface area contributed by atoms with Crippen molar-refractivity contribution in [2.24, 2.45) is 17.6 Å². The van der Waals surface area contributed by atoms with Crippen molar-refractivity contribution in [3.05, 3.63) is 29.1 Å². The minimum absolute atomic E-state index is 0.215. The molecule has 2 fully saturated rings. The summed E-state index contributed by atoms with van der Waals surface area (Å²) < 4.78 is 5.88. The molecule has 2 N–H and O–H groups in total. The summed E-state index contributed by atoms with van der Waals surface area (Å²) in [6, 6.07) is 5.79. The molecule has 4 unspecified atom stereocenters. The molecule has 2 aliphatic carbocycles. The molecule has 1 aromatic carbocycles. The highest BCUT2D eigenvalue weighted by atomic mass is 35.5. The van der Waals surface area contributed by atoms with Gasteiger partial charge in [0.15, 0.2) is 11.5 Å². The first-order valence-electron chi connectivity index (χ1n) is 6.54. The third kappa shape index (κ3) is 1.44. The predicted molar refractivity (Wildman–Crippen MR) is 70.6 cm³/mol. The van der Waals surface area contributed by atoms with Gasteiger partial charge in [0.25, 0.3) is 0 Å². The molecule has 0 aliphatic heterocycles. The van der Waals surface area contributed by atoms with E-state index < -0.39 is 0 Å². The standard InChI is InChI=1S/C14H15ClN2O/c15-9-3-4-10-11(6-9)18-14(17-10)12-7-1-2-8(5-7)13(12)16/h3-4,6-8,12-13H,1-2,5,16H2. The molecule has 2 saturated carbocycles. The molecule has 4 atom stereocenters. The zero-order valence-electron chi connectivity index (χ0n) is 9.97. The number of benzene rings is 1. The Morgan fingerprint density at radius 1 is 1.28 bits per heavy atom. The van der Waals surface area contributed by atoms with E-state index in [2.05, 4.69) is 4.98 Å². The average Bonchev–Trinajstić information content (AvgIpc) is 3.00. The van der Waals surface area contributed by atoms with Crippen molar-refractivity contribution in [3.63, 3.8) is 0 Å². The van der Waals surface area contributed by atoms with Crippen molar-refractivity contribution < 1.29 is 4.42 Å². The number of hydrogen-bond acceptors (Lipinski definition) is 3. The lowest BCUT2D eigenvalue weighted by Crippen LogP contribution is -2.34. The van der Waals surface area contributed by atoms with Crippen LogP contribution in [0.3, 0.4) is 0 Å². The van der Waals surface area contributed by atoms with Crippen LogP contribution in [0.25, 0.3) is 11.1 Å². The molecule has 0 spiro atoms. The molecular weight excluding hydrogens is 248 g/mol. The second-order valence-electron chi connectivity index (χ2n) is 5.60. The predicted octanol–water partition coefficient (Wildman–Crippen LogP) is 3.32. The number of halogens is 1. The van der Waals surface area contributed by atoms with E-state index in [4.69, 9.17) is 21.8 Å². The fourth-order valence-electron chi connectivity index (χ4n) is 3.76. The Bertz CT molecular complexity index is 607. The molecule has 2 aromatic rings. The normalized spacial score (nSPS) is 34.6. The third-order valence-corrected chi connectivity index (χ3v) is 4.87. The maximum absolute atomic E-state index is 6.32. The van der Waals surface area contributed by atoms with Crippen LogP contribution in [-0.4, -0.2) is 11.0 Å². The van der Waals surface area contributed by atoms with Crippen molar-refractivity contribution in [2.45, 2.75) is 31.2 Å². The number of rotatable bonds is 1. The Balaban J connectivity index is 1.78. The van der Waals surface area contributed by atoms with Crippen LogP contribution in [0.4, 0.5) is 0 Å². The summed E-state index contributed by atoms with van der Waals surface area (Å²) in [5.74, 6) is 2.44. The van der Waals surface area contributed by atoms with Gasteiger partial charge in [0, 0.05) is 17.1 Å². The molecule has 94 valence electrons. The molecule has 4 rings (SSSR count). The lowest BCUT2D eigenvalue weighted by molar-refractivity contribution is 0.317. The number of aromatic nitrogens is 1. The number of nitrogens with zero attached hydrogens (tertiary/aromatic N) is 1. The van der Waals surface area contributed by atoms with Gasteiger partial charge in [0.2, 0.25) is 0 Å². The minimum atomic E-state index is 0.215. The fraction of sp³-hybridized carbons (Fsp3) is 0.500. The molecule has 2 aliphatic rings. The van der Waals surface area contributed by atoms with Crippen LogP contribution in [0, 0.1) is 11.8 Å². The molecule has 18 heavy (non-hydrogen) atoms. The lowest BCUT2D eigenvalue weighted by Gasteiger charge is -2.25. The van der Waals surface area contributed by atoms with Crippen LogP contribution < -0.4 is 5.73 Å². The maximum atomic E-state index is 6.32. The van der Waals surface area contributed by atoms with Gasteiger partial charge in [-0.2, -0.15) is 0 Å². The second kappa shape index (κ2) is 3.72. The molecule has 1 aromatic heterocycles. The van der Waals surface area contributed by atoms with E-state index in [9.17, 15) is 0 Å². The van der Waals surface area contributed by atoms with E-state index in [0.29, 0.717) is 22.8 Å². The molecule has 0 radical (unpaired) electrons. The van der Waals surface area contributed by atoms with E-state index in [1.54, 1.807) is 0 Å². The van der Waals surface area contributed by atoms with Gasteiger partial charge in [0.05, 0.1) is 5.92 Å². The van der Waals surface area contributed by atoms with Gasteiger partial charge in [-0.3, -0.25) is 0 Å². The molecule has 3 nitrogen and oxygen atoms in total. The highest BCUT2D eigenvalue weighted by Gasteiger charge is 2.48. The maximum Gasteiger partial charge on any atom is 0.200 e. The van der Waals surface area contributed by atoms with Crippen molar-refractivity contribution >= 4 is 22.7 Å². The van der Waals surface area contributed by atoms with Gasteiger partial charge in [-0.1, -0.05) is 11.6 Å². The van der Waals surface area contributed by atoms with Crippen LogP contribution in [0.5, 0.6) is 0 Å². The van der Waals surface area contributed by atoms with Crippen LogP contribution in [0.2, 0.25) is 5.02 Å². The van der Waals surface area contributed by atoms with E-state index in [0.717, 1.165) is 17.0 Å². The van der Waals surface area contributed by atoms with Crippen molar-refractivity contribution in [3.8, 4) is 0 Å². The first-order chi connectivity index (χ1) is 8.72. The van der Waals surface area contributed by atoms with Crippen molar-refractivity contribution in [2.75, 3.05) is 0 Å². The molecule has 2 bridgehead atoms. The van der Waals surface area contributed by atoms with Crippen molar-refractivity contribution in [1.82, 2.24) is 4.98 Å². The first-order valence-corrected chi connectivity index (χ1v) is 6.92. The number of fused-ring (bicyclic) bond motifs is 3. The summed E-state index contributed by atoms with van der Waals surface area (Å²) in [7, 11) is 0. The van der Waals surface area contributed by atoms with Crippen molar-refractivity contribution in [1.29, 1.82) is 0 Å². The van der Waals surface area contributed by atoms with E-state index >= 15 is 0 Å². The van der Waals surface area contributed by atoms with Crippen LogP contribution in [0.15, 0.2) is 22.6 Å². The quantitative estimate of drug-likeness (QED) is 0.858. The summed E-state index contributed by atoms with van der Waals surface area (Å²) >= 11 is 5.97. The SMILES string of the molecule is NC1C2CCC(C2)C1c1nc2ccc(Cl)cc2o1. The second-order valence-corrected chi connectivity index (χ2v) is 6.04. The Kier molecular flexibility index (Phi) is 2.24. The Morgan fingerprint density at radius 3 is 2.89 bits per heavy atom. The summed E-state index contributed by atoms with van der Waals surface area (Å²) in [5.41, 5.74) is 7.97. The van der Waals surface area contributed by atoms with Gasteiger partial charge in [-0.25, -0.2) is 4.98 Å². The number of hydrogen-bond donors (Lipinski definition) is 1. The lowest BCUT2D eigenvalue weighted by atomic mass is 9.85. The smallest absolute Gasteiger partial charge is 0.200 e. The molecule has 1 heterocycles. The van der Waals surface area contributed by atoms with Gasteiger partial charge in [-0.15, -0.1) is 0 Å². The van der Waals surface area contributed by atoms with E-state index in [-0.39, 0.29) is 6.04 Å². The van der Waals surface area contributed by atoms with Gasteiger partial charge in [-0.05, 0) is 43.2 Å². The number of oxazole rings is 1. The zero-order valence-corrected chi connectivity index (χ0v) is 10.7. The van der Waals surface area contributed by atoms with E-state index in [1.165, 1.54) is 19.3 Å². The third-order valence-electron chi connectivity index (χ3n) is 4.63. The highest BCUT2D eigenvalue weighted by molar-refractivity contribution is 6.31. The largest absolute Gasteiger partial charge is 0.440 e. The zero-order chi connectivity index (χ0) is 12.3. The van der Waals surface area contributed by atoms with Crippen LogP contribution >= 0.6 is 11.6 Å². The molecule has 0 saturated heterocycles. The summed E-state index contributed by atoms with van der Waals surface area (Å²) in [4.78, 5) is 4.60. The number of nitrogens with two attached hydrogens (primary N) is 1. The molecular formula is C14H15ClN2O. The first kappa shape index (κ1) is 10.8. The Labute approximate surface area is 110 Å². The van der Waals surface area contributed by atoms with E-state index in [1.807, 2.05) is 18.2 Å². The van der Waals surface area contributed by atoms with Gasteiger partial charge >= 0.3 is 0 Å². The average molecular weight is 263 g/mol. The molecule has 4 heteroatoms. The van der Waals surface area contributed by atoms with Gasteiger partial charge < -0.3 is 10.2 Å². The summed E-state index contributed by atoms with van der Waals surface area (Å²) in [6.07, 6.45) is 3.78. The van der Waals surface area contributed by atoms with Crippen LogP contribution in [-0.2, 0) is 0 Å². The minimum Gasteiger partial charge on any atom is -0.440 e. The summed E-state index contributed by atoms with van der Waals surface area (Å²) in [5, 5.41) is 0.683. The Morgan fingerprint density at radius 2 is 2.11 bits per heavy atom.